The van der Waals surface area contributed by atoms with Crippen LogP contribution in [0.5, 0.6) is 11.5 Å². The molecule has 5 nitrogen and oxygen atoms in total. The van der Waals surface area contributed by atoms with Gasteiger partial charge in [0.2, 0.25) is 0 Å². The molecule has 0 saturated heterocycles. The number of nitriles is 1. The SMILES string of the molecule is CCOc1ccc(N=C(NC#N)SC)cc1OCC. The molecule has 0 aliphatic heterocycles. The number of thioether (sulfide) groups is 1. The van der Waals surface area contributed by atoms with E-state index in [4.69, 9.17) is 14.7 Å². The van der Waals surface area contributed by atoms with Crippen molar-refractivity contribution in [3.63, 3.8) is 0 Å². The molecule has 0 radical (unpaired) electrons. The number of hydrogen-bond donors (Lipinski definition) is 1. The minimum Gasteiger partial charge on any atom is -0.490 e. The molecular formula is C13H17N3O2S. The Morgan fingerprint density at radius 1 is 1.32 bits per heavy atom. The summed E-state index contributed by atoms with van der Waals surface area (Å²) >= 11 is 1.37. The van der Waals surface area contributed by atoms with Crippen molar-refractivity contribution in [2.75, 3.05) is 19.5 Å². The average Bonchev–Trinajstić information content (AvgIpc) is 2.41. The maximum atomic E-state index is 8.60. The second kappa shape index (κ2) is 8.27. The first-order chi connectivity index (χ1) is 9.24. The summed E-state index contributed by atoms with van der Waals surface area (Å²) in [6.45, 7) is 4.97. The summed E-state index contributed by atoms with van der Waals surface area (Å²) in [5.74, 6) is 1.35. The molecule has 1 rings (SSSR count). The van der Waals surface area contributed by atoms with Gasteiger partial charge in [-0.05, 0) is 32.2 Å². The van der Waals surface area contributed by atoms with Gasteiger partial charge in [-0.15, -0.1) is 0 Å². The van der Waals surface area contributed by atoms with Crippen LogP contribution >= 0.6 is 11.8 Å². The highest BCUT2D eigenvalue weighted by molar-refractivity contribution is 8.13. The fraction of sp³-hybridized carbons (Fsp3) is 0.385. The molecule has 0 heterocycles. The van der Waals surface area contributed by atoms with Crippen LogP contribution in [0, 0.1) is 11.5 Å². The Bertz CT molecular complexity index is 483. The highest BCUT2D eigenvalue weighted by atomic mass is 32.2. The molecule has 0 aliphatic rings. The molecule has 19 heavy (non-hydrogen) atoms. The summed E-state index contributed by atoms with van der Waals surface area (Å²) in [4.78, 5) is 4.32. The Morgan fingerprint density at radius 3 is 2.58 bits per heavy atom. The highest BCUT2D eigenvalue weighted by Gasteiger charge is 2.06. The smallest absolute Gasteiger partial charge is 0.183 e. The van der Waals surface area contributed by atoms with Crippen molar-refractivity contribution in [2.45, 2.75) is 13.8 Å². The zero-order valence-electron chi connectivity index (χ0n) is 11.3. The Hall–Kier alpha value is -1.87. The van der Waals surface area contributed by atoms with Crippen LogP contribution in [0.3, 0.4) is 0 Å². The molecule has 0 unspecified atom stereocenters. The van der Waals surface area contributed by atoms with Crippen LogP contribution in [0.4, 0.5) is 5.69 Å². The lowest BCUT2D eigenvalue weighted by Gasteiger charge is -2.11. The van der Waals surface area contributed by atoms with Gasteiger partial charge in [0, 0.05) is 6.07 Å². The summed E-state index contributed by atoms with van der Waals surface area (Å²) in [7, 11) is 0. The van der Waals surface area contributed by atoms with Gasteiger partial charge in [-0.3, -0.25) is 5.32 Å². The summed E-state index contributed by atoms with van der Waals surface area (Å²) in [6, 6.07) is 5.43. The van der Waals surface area contributed by atoms with E-state index in [9.17, 15) is 0 Å². The van der Waals surface area contributed by atoms with Crippen molar-refractivity contribution in [3.8, 4) is 17.7 Å². The lowest BCUT2D eigenvalue weighted by molar-refractivity contribution is 0.288. The molecule has 0 amide bonds. The molecule has 1 aromatic rings. The third kappa shape index (κ3) is 4.72. The van der Waals surface area contributed by atoms with E-state index in [1.807, 2.05) is 38.4 Å². The minimum atomic E-state index is 0.536. The number of nitrogens with one attached hydrogen (secondary N) is 1. The summed E-state index contributed by atoms with van der Waals surface area (Å²) in [5.41, 5.74) is 0.707. The van der Waals surface area contributed by atoms with Crippen LogP contribution in [0.1, 0.15) is 13.8 Å². The Morgan fingerprint density at radius 2 is 2.00 bits per heavy atom. The number of aliphatic imine (C=N–C) groups is 1. The van der Waals surface area contributed by atoms with E-state index in [1.165, 1.54) is 11.8 Å². The Labute approximate surface area is 117 Å². The van der Waals surface area contributed by atoms with Gasteiger partial charge >= 0.3 is 0 Å². The minimum absolute atomic E-state index is 0.536. The number of amidine groups is 1. The topological polar surface area (TPSA) is 66.6 Å². The van der Waals surface area contributed by atoms with Gasteiger partial charge in [-0.1, -0.05) is 11.8 Å². The number of rotatable bonds is 5. The van der Waals surface area contributed by atoms with Crippen LogP contribution in [-0.4, -0.2) is 24.6 Å². The molecular weight excluding hydrogens is 262 g/mol. The lowest BCUT2D eigenvalue weighted by atomic mass is 10.3. The first-order valence-electron chi connectivity index (χ1n) is 5.92. The van der Waals surface area contributed by atoms with Crippen LogP contribution in [0.2, 0.25) is 0 Å². The predicted octanol–water partition coefficient (Wildman–Crippen LogP) is 2.91. The molecule has 0 aromatic heterocycles. The standard InChI is InChI=1S/C13H17N3O2S/c1-4-17-11-7-6-10(8-12(11)18-5-2)16-13(19-3)15-9-14/h6-8H,4-5H2,1-3H3,(H,15,16). The maximum absolute atomic E-state index is 8.60. The second-order valence-corrected chi connectivity index (χ2v) is 4.15. The van der Waals surface area contributed by atoms with Crippen molar-refractivity contribution >= 4 is 22.6 Å². The zero-order chi connectivity index (χ0) is 14.1. The van der Waals surface area contributed by atoms with E-state index in [-0.39, 0.29) is 0 Å². The van der Waals surface area contributed by atoms with Crippen molar-refractivity contribution in [1.29, 1.82) is 5.26 Å². The second-order valence-electron chi connectivity index (χ2n) is 3.35. The van der Waals surface area contributed by atoms with Crippen molar-refractivity contribution in [2.24, 2.45) is 4.99 Å². The summed E-state index contributed by atoms with van der Waals surface area (Å²) in [5, 5.41) is 11.7. The van der Waals surface area contributed by atoms with Gasteiger partial charge < -0.3 is 9.47 Å². The van der Waals surface area contributed by atoms with Gasteiger partial charge in [0.1, 0.15) is 0 Å². The van der Waals surface area contributed by atoms with Crippen LogP contribution in [0.15, 0.2) is 23.2 Å². The zero-order valence-corrected chi connectivity index (χ0v) is 12.1. The monoisotopic (exact) mass is 279 g/mol. The number of hydrogen-bond acceptors (Lipinski definition) is 5. The van der Waals surface area contributed by atoms with Gasteiger partial charge in [0.05, 0.1) is 18.9 Å². The maximum Gasteiger partial charge on any atom is 0.183 e. The first kappa shape index (κ1) is 15.2. The van der Waals surface area contributed by atoms with Crippen molar-refractivity contribution < 1.29 is 9.47 Å². The molecule has 0 atom stereocenters. The molecule has 0 fully saturated rings. The van der Waals surface area contributed by atoms with Crippen LogP contribution in [0.25, 0.3) is 0 Å². The van der Waals surface area contributed by atoms with Crippen molar-refractivity contribution in [1.82, 2.24) is 5.32 Å². The summed E-state index contributed by atoms with van der Waals surface area (Å²) < 4.78 is 11.0. The molecule has 0 bridgehead atoms. The van der Waals surface area contributed by atoms with E-state index in [0.29, 0.717) is 35.6 Å². The average molecular weight is 279 g/mol. The fourth-order valence-electron chi connectivity index (χ4n) is 1.40. The number of nitrogens with zero attached hydrogens (tertiary/aromatic N) is 2. The molecule has 0 spiro atoms. The molecule has 102 valence electrons. The first-order valence-corrected chi connectivity index (χ1v) is 7.15. The predicted molar refractivity (Wildman–Crippen MR) is 78.1 cm³/mol. The number of benzene rings is 1. The molecule has 1 aromatic carbocycles. The molecule has 0 saturated carbocycles. The van der Waals surface area contributed by atoms with Gasteiger partial charge in [0.15, 0.2) is 22.9 Å². The Balaban J connectivity index is 3.03. The summed E-state index contributed by atoms with van der Waals surface area (Å²) in [6.07, 6.45) is 3.70. The Kier molecular flexibility index (Phi) is 6.61. The number of ether oxygens (including phenoxy) is 2. The molecule has 0 aliphatic carbocycles. The van der Waals surface area contributed by atoms with E-state index >= 15 is 0 Å². The van der Waals surface area contributed by atoms with Gasteiger partial charge in [-0.25, -0.2) is 4.99 Å². The fourth-order valence-corrected chi connectivity index (χ4v) is 1.74. The van der Waals surface area contributed by atoms with Crippen molar-refractivity contribution in [3.05, 3.63) is 18.2 Å². The van der Waals surface area contributed by atoms with E-state index < -0.39 is 0 Å². The lowest BCUT2D eigenvalue weighted by Crippen LogP contribution is -2.12. The quantitative estimate of drug-likeness (QED) is 0.388. The third-order valence-corrected chi connectivity index (χ3v) is 2.69. The van der Waals surface area contributed by atoms with Crippen LogP contribution in [-0.2, 0) is 0 Å². The van der Waals surface area contributed by atoms with E-state index in [2.05, 4.69) is 10.3 Å². The van der Waals surface area contributed by atoms with E-state index in [0.717, 1.165) is 0 Å². The van der Waals surface area contributed by atoms with Crippen LogP contribution < -0.4 is 14.8 Å². The largest absolute Gasteiger partial charge is 0.490 e. The van der Waals surface area contributed by atoms with Gasteiger partial charge in [-0.2, -0.15) is 5.26 Å². The van der Waals surface area contributed by atoms with Gasteiger partial charge in [0.25, 0.3) is 0 Å². The molecule has 6 heteroatoms. The third-order valence-electron chi connectivity index (χ3n) is 2.11. The molecule has 1 N–H and O–H groups in total. The normalized spacial score (nSPS) is 10.7. The highest BCUT2D eigenvalue weighted by Crippen LogP contribution is 2.32. The van der Waals surface area contributed by atoms with E-state index in [1.54, 1.807) is 6.07 Å².